The Bertz CT molecular complexity index is 1040. The maximum atomic E-state index is 12.9. The van der Waals surface area contributed by atoms with Crippen LogP contribution in [0.1, 0.15) is 6.92 Å². The van der Waals surface area contributed by atoms with Crippen LogP contribution in [0.4, 0.5) is 11.4 Å². The van der Waals surface area contributed by atoms with Crippen molar-refractivity contribution in [1.29, 1.82) is 0 Å². The molecule has 2 atom stereocenters. The fraction of sp³-hybridized carbons (Fsp3) is 0.250. The quantitative estimate of drug-likeness (QED) is 0.714. The number of halogens is 1. The Balaban J connectivity index is 1.48. The fourth-order valence-electron chi connectivity index (χ4n) is 3.41. The first-order valence-corrected chi connectivity index (χ1v) is 9.70. The maximum absolute atomic E-state index is 12.9. The lowest BCUT2D eigenvalue weighted by Gasteiger charge is -2.20. The number of ether oxygens (including phenoxy) is 1. The van der Waals surface area contributed by atoms with Gasteiger partial charge in [0.15, 0.2) is 12.1 Å². The lowest BCUT2D eigenvalue weighted by molar-refractivity contribution is -0.123. The molecule has 2 aromatic carbocycles. The normalized spacial score (nSPS) is 19.9. The van der Waals surface area contributed by atoms with Gasteiger partial charge in [-0.2, -0.15) is 5.11 Å². The lowest BCUT2D eigenvalue weighted by atomic mass is 10.1. The van der Waals surface area contributed by atoms with E-state index in [1.54, 1.807) is 42.5 Å². The zero-order valence-electron chi connectivity index (χ0n) is 16.0. The highest BCUT2D eigenvalue weighted by molar-refractivity contribution is 6.31. The molecule has 0 bridgehead atoms. The Kier molecular flexibility index (Phi) is 5.37. The Labute approximate surface area is 177 Å². The summed E-state index contributed by atoms with van der Waals surface area (Å²) in [4.78, 5) is 39.3. The van der Waals surface area contributed by atoms with Crippen LogP contribution in [0.25, 0.3) is 0 Å². The van der Waals surface area contributed by atoms with Crippen molar-refractivity contribution >= 4 is 40.7 Å². The van der Waals surface area contributed by atoms with Crippen LogP contribution in [0.15, 0.2) is 58.9 Å². The standard InChI is InChI=1S/C20H18ClN5O4/c1-2-30-15-9-4-3-8-14(15)22-16(27)11-25-18-17(23-24-25)19(28)26(20(18)29)13-7-5-6-12(21)10-13/h3-10,17-18H,2,11H2,1H3,(H,22,27)/t17-,18+/m1/s1. The van der Waals surface area contributed by atoms with E-state index in [1.807, 2.05) is 6.92 Å². The predicted molar refractivity (Wildman–Crippen MR) is 109 cm³/mol. The molecule has 2 heterocycles. The van der Waals surface area contributed by atoms with E-state index in [-0.39, 0.29) is 6.54 Å². The van der Waals surface area contributed by atoms with E-state index in [0.717, 1.165) is 4.90 Å². The summed E-state index contributed by atoms with van der Waals surface area (Å²) in [5, 5.41) is 12.2. The number of anilines is 2. The van der Waals surface area contributed by atoms with Gasteiger partial charge in [-0.05, 0) is 37.3 Å². The predicted octanol–water partition coefficient (Wildman–Crippen LogP) is 2.67. The number of carbonyl (C=O) groups is 3. The first kappa shape index (κ1) is 19.8. The summed E-state index contributed by atoms with van der Waals surface area (Å²) in [5.74, 6) is -0.878. The van der Waals surface area contributed by atoms with Crippen LogP contribution in [-0.4, -0.2) is 48.0 Å². The van der Waals surface area contributed by atoms with Crippen molar-refractivity contribution in [3.8, 4) is 5.75 Å². The van der Waals surface area contributed by atoms with E-state index >= 15 is 0 Å². The van der Waals surface area contributed by atoms with E-state index in [4.69, 9.17) is 16.3 Å². The molecule has 2 aromatic rings. The lowest BCUT2D eigenvalue weighted by Crippen LogP contribution is -2.43. The van der Waals surface area contributed by atoms with Gasteiger partial charge in [0.05, 0.1) is 18.0 Å². The number of nitrogens with one attached hydrogen (secondary N) is 1. The minimum absolute atomic E-state index is 0.243. The molecule has 1 saturated heterocycles. The molecule has 4 rings (SSSR count). The van der Waals surface area contributed by atoms with Crippen molar-refractivity contribution in [2.45, 2.75) is 19.0 Å². The topological polar surface area (TPSA) is 104 Å². The summed E-state index contributed by atoms with van der Waals surface area (Å²) in [7, 11) is 0. The molecular weight excluding hydrogens is 410 g/mol. The molecule has 3 amide bonds. The van der Waals surface area contributed by atoms with Gasteiger partial charge in [0.25, 0.3) is 11.8 Å². The number of fused-ring (bicyclic) bond motifs is 1. The number of para-hydroxylation sites is 2. The van der Waals surface area contributed by atoms with Crippen LogP contribution in [0.5, 0.6) is 5.75 Å². The second kappa shape index (κ2) is 8.11. The highest BCUT2D eigenvalue weighted by Gasteiger charge is 2.55. The van der Waals surface area contributed by atoms with Gasteiger partial charge in [-0.25, -0.2) is 4.90 Å². The van der Waals surface area contributed by atoms with E-state index < -0.39 is 29.8 Å². The molecule has 1 fully saturated rings. The van der Waals surface area contributed by atoms with Crippen LogP contribution in [-0.2, 0) is 14.4 Å². The molecule has 2 aliphatic heterocycles. The average molecular weight is 428 g/mol. The number of amides is 3. The number of rotatable bonds is 6. The molecule has 0 saturated carbocycles. The average Bonchev–Trinajstić information content (AvgIpc) is 3.23. The Hall–Kier alpha value is -3.46. The smallest absolute Gasteiger partial charge is 0.263 e. The first-order chi connectivity index (χ1) is 14.5. The number of carbonyl (C=O) groups excluding carboxylic acids is 3. The maximum Gasteiger partial charge on any atom is 0.263 e. The number of imide groups is 1. The molecule has 9 nitrogen and oxygen atoms in total. The summed E-state index contributed by atoms with van der Waals surface area (Å²) < 4.78 is 5.49. The number of nitrogens with zero attached hydrogens (tertiary/aromatic N) is 4. The molecule has 30 heavy (non-hydrogen) atoms. The minimum atomic E-state index is -0.986. The van der Waals surface area contributed by atoms with Crippen molar-refractivity contribution in [2.24, 2.45) is 10.3 Å². The molecule has 0 aromatic heterocycles. The second-order valence-corrected chi connectivity index (χ2v) is 7.10. The summed E-state index contributed by atoms with van der Waals surface area (Å²) in [6.45, 7) is 2.05. The van der Waals surface area contributed by atoms with Crippen LogP contribution in [0.2, 0.25) is 5.02 Å². The fourth-order valence-corrected chi connectivity index (χ4v) is 3.60. The van der Waals surface area contributed by atoms with Crippen molar-refractivity contribution < 1.29 is 19.1 Å². The van der Waals surface area contributed by atoms with Crippen LogP contribution in [0, 0.1) is 0 Å². The highest BCUT2D eigenvalue weighted by Crippen LogP contribution is 2.33. The summed E-state index contributed by atoms with van der Waals surface area (Å²) in [6, 6.07) is 11.5. The van der Waals surface area contributed by atoms with Gasteiger partial charge in [-0.3, -0.25) is 19.4 Å². The highest BCUT2D eigenvalue weighted by atomic mass is 35.5. The molecule has 2 aliphatic rings. The van der Waals surface area contributed by atoms with Gasteiger partial charge in [0, 0.05) is 5.02 Å². The third-order valence-electron chi connectivity index (χ3n) is 4.69. The van der Waals surface area contributed by atoms with Gasteiger partial charge < -0.3 is 10.1 Å². The monoisotopic (exact) mass is 427 g/mol. The first-order valence-electron chi connectivity index (χ1n) is 9.32. The van der Waals surface area contributed by atoms with Crippen molar-refractivity contribution in [3.05, 3.63) is 53.6 Å². The Morgan fingerprint density at radius 3 is 2.73 bits per heavy atom. The van der Waals surface area contributed by atoms with Gasteiger partial charge >= 0.3 is 0 Å². The molecule has 10 heteroatoms. The van der Waals surface area contributed by atoms with Gasteiger partial charge in [-0.15, -0.1) is 0 Å². The Morgan fingerprint density at radius 2 is 1.97 bits per heavy atom. The third-order valence-corrected chi connectivity index (χ3v) is 4.93. The second-order valence-electron chi connectivity index (χ2n) is 6.66. The largest absolute Gasteiger partial charge is 0.492 e. The van der Waals surface area contributed by atoms with Crippen LogP contribution < -0.4 is 15.0 Å². The third kappa shape index (κ3) is 3.59. The molecule has 1 N–H and O–H groups in total. The van der Waals surface area contributed by atoms with Gasteiger partial charge in [0.2, 0.25) is 5.91 Å². The van der Waals surface area contributed by atoms with Gasteiger partial charge in [-0.1, -0.05) is 35.0 Å². The number of hydrogen-bond acceptors (Lipinski definition) is 7. The summed E-state index contributed by atoms with van der Waals surface area (Å²) in [6.07, 6.45) is 0. The van der Waals surface area contributed by atoms with E-state index in [9.17, 15) is 14.4 Å². The van der Waals surface area contributed by atoms with E-state index in [0.29, 0.717) is 28.8 Å². The molecule has 0 unspecified atom stereocenters. The molecule has 0 radical (unpaired) electrons. The zero-order valence-corrected chi connectivity index (χ0v) is 16.7. The van der Waals surface area contributed by atoms with Gasteiger partial charge in [0.1, 0.15) is 12.3 Å². The molecule has 154 valence electrons. The van der Waals surface area contributed by atoms with E-state index in [1.165, 1.54) is 11.1 Å². The van der Waals surface area contributed by atoms with Crippen molar-refractivity contribution in [3.63, 3.8) is 0 Å². The van der Waals surface area contributed by atoms with Crippen LogP contribution in [0.3, 0.4) is 0 Å². The molecule has 0 spiro atoms. The Morgan fingerprint density at radius 1 is 1.17 bits per heavy atom. The SMILES string of the molecule is CCOc1ccccc1NC(=O)CN1N=N[C@H]2C(=O)N(c3cccc(Cl)c3)C(=O)[C@H]21. The van der Waals surface area contributed by atoms with Crippen LogP contribution >= 0.6 is 11.6 Å². The molecule has 0 aliphatic carbocycles. The minimum Gasteiger partial charge on any atom is -0.492 e. The van der Waals surface area contributed by atoms with Crippen molar-refractivity contribution in [1.82, 2.24) is 5.01 Å². The van der Waals surface area contributed by atoms with Crippen molar-refractivity contribution in [2.75, 3.05) is 23.4 Å². The zero-order chi connectivity index (χ0) is 21.3. The van der Waals surface area contributed by atoms with E-state index in [2.05, 4.69) is 15.7 Å². The molecular formula is C20H18ClN5O4. The summed E-state index contributed by atoms with van der Waals surface area (Å²) >= 11 is 5.98. The summed E-state index contributed by atoms with van der Waals surface area (Å²) in [5.41, 5.74) is 0.864. The number of hydrogen-bond donors (Lipinski definition) is 1. The number of benzene rings is 2.